The molecule has 4 rings (SSSR count). The van der Waals surface area contributed by atoms with Gasteiger partial charge in [-0.05, 0) is 56.3 Å². The quantitative estimate of drug-likeness (QED) is 0.569. The zero-order chi connectivity index (χ0) is 16.4. The van der Waals surface area contributed by atoms with Crippen LogP contribution in [-0.4, -0.2) is 34.3 Å². The van der Waals surface area contributed by atoms with Crippen LogP contribution in [-0.2, 0) is 17.6 Å². The van der Waals surface area contributed by atoms with Crippen LogP contribution in [0.1, 0.15) is 36.1 Å². The van der Waals surface area contributed by atoms with E-state index in [9.17, 15) is 0 Å². The Labute approximate surface area is 150 Å². The molecule has 0 unspecified atom stereocenters. The van der Waals surface area contributed by atoms with Crippen LogP contribution in [0.5, 0.6) is 0 Å². The molecule has 0 radical (unpaired) electrons. The fourth-order valence-electron chi connectivity index (χ4n) is 3.36. The van der Waals surface area contributed by atoms with Crippen molar-refractivity contribution in [2.24, 2.45) is 0 Å². The first-order valence-corrected chi connectivity index (χ1v) is 9.70. The van der Waals surface area contributed by atoms with Gasteiger partial charge in [0, 0.05) is 18.0 Å². The van der Waals surface area contributed by atoms with Crippen molar-refractivity contribution in [2.45, 2.75) is 44.6 Å². The molecular weight excluding hydrogens is 342 g/mol. The maximum Gasteiger partial charge on any atom is 0.185 e. The Hall–Kier alpha value is -1.51. The SMILES string of the molecule is S=C(NC[C@H]1CCCO1)NNc1ncnc2sc3c(c12)CCCC3. The Bertz CT molecular complexity index is 741. The minimum absolute atomic E-state index is 0.263. The number of rotatable bonds is 4. The van der Waals surface area contributed by atoms with Gasteiger partial charge in [0.25, 0.3) is 0 Å². The highest BCUT2D eigenvalue weighted by molar-refractivity contribution is 7.80. The summed E-state index contributed by atoms with van der Waals surface area (Å²) in [5.74, 6) is 0.806. The predicted octanol–water partition coefficient (Wildman–Crippen LogP) is 2.54. The minimum Gasteiger partial charge on any atom is -0.376 e. The normalized spacial score (nSPS) is 19.9. The second-order valence-corrected chi connectivity index (χ2v) is 7.70. The van der Waals surface area contributed by atoms with Gasteiger partial charge >= 0.3 is 0 Å². The van der Waals surface area contributed by atoms with Crippen molar-refractivity contribution < 1.29 is 4.74 Å². The van der Waals surface area contributed by atoms with E-state index >= 15 is 0 Å². The predicted molar refractivity (Wildman–Crippen MR) is 100 cm³/mol. The molecule has 1 saturated heterocycles. The molecule has 0 aromatic carbocycles. The van der Waals surface area contributed by atoms with Crippen molar-refractivity contribution in [2.75, 3.05) is 18.6 Å². The number of anilines is 1. The molecule has 2 aromatic rings. The first kappa shape index (κ1) is 16.0. The van der Waals surface area contributed by atoms with Crippen LogP contribution >= 0.6 is 23.6 Å². The van der Waals surface area contributed by atoms with Gasteiger partial charge in [-0.15, -0.1) is 11.3 Å². The van der Waals surface area contributed by atoms with Crippen LogP contribution < -0.4 is 16.2 Å². The van der Waals surface area contributed by atoms with Crippen LogP contribution in [0.25, 0.3) is 10.2 Å². The summed E-state index contributed by atoms with van der Waals surface area (Å²) in [7, 11) is 0. The monoisotopic (exact) mass is 363 g/mol. The summed E-state index contributed by atoms with van der Waals surface area (Å²) in [6, 6.07) is 0. The first-order chi connectivity index (χ1) is 11.8. The van der Waals surface area contributed by atoms with E-state index in [0.717, 1.165) is 54.9 Å². The Morgan fingerprint density at radius 1 is 1.29 bits per heavy atom. The lowest BCUT2D eigenvalue weighted by molar-refractivity contribution is 0.114. The highest BCUT2D eigenvalue weighted by atomic mass is 32.1. The van der Waals surface area contributed by atoms with E-state index < -0.39 is 0 Å². The Morgan fingerprint density at radius 3 is 3.08 bits per heavy atom. The lowest BCUT2D eigenvalue weighted by atomic mass is 9.97. The van der Waals surface area contributed by atoms with E-state index in [1.165, 1.54) is 23.3 Å². The van der Waals surface area contributed by atoms with E-state index in [4.69, 9.17) is 17.0 Å². The average Bonchev–Trinajstić information content (AvgIpc) is 3.25. The molecule has 2 aliphatic rings. The zero-order valence-corrected chi connectivity index (χ0v) is 15.1. The van der Waals surface area contributed by atoms with Crippen LogP contribution in [0.15, 0.2) is 6.33 Å². The molecule has 8 heteroatoms. The number of hydrazine groups is 1. The van der Waals surface area contributed by atoms with E-state index in [1.54, 1.807) is 17.7 Å². The van der Waals surface area contributed by atoms with Gasteiger partial charge in [0.1, 0.15) is 11.2 Å². The van der Waals surface area contributed by atoms with Crippen molar-refractivity contribution in [3.8, 4) is 0 Å². The van der Waals surface area contributed by atoms with Gasteiger partial charge in [-0.2, -0.15) is 0 Å². The minimum atomic E-state index is 0.263. The third kappa shape index (κ3) is 3.31. The van der Waals surface area contributed by atoms with Crippen molar-refractivity contribution in [1.82, 2.24) is 20.7 Å². The standard InChI is InChI=1S/C16H21N5OS2/c23-16(17-8-10-4-3-7-22-10)21-20-14-13-11-5-1-2-6-12(11)24-15(13)19-9-18-14/h9-10H,1-8H2,(H2,17,21,23)(H,18,19,20)/t10-/m1/s1. The van der Waals surface area contributed by atoms with Crippen molar-refractivity contribution in [1.29, 1.82) is 0 Å². The van der Waals surface area contributed by atoms with Crippen molar-refractivity contribution in [3.63, 3.8) is 0 Å². The number of fused-ring (bicyclic) bond motifs is 3. The molecule has 0 spiro atoms. The first-order valence-electron chi connectivity index (χ1n) is 8.48. The number of ether oxygens (including phenoxy) is 1. The van der Waals surface area contributed by atoms with Crippen LogP contribution in [0.2, 0.25) is 0 Å². The fraction of sp³-hybridized carbons (Fsp3) is 0.562. The van der Waals surface area contributed by atoms with E-state index in [-0.39, 0.29) is 6.10 Å². The largest absolute Gasteiger partial charge is 0.376 e. The van der Waals surface area contributed by atoms with Crippen LogP contribution in [0.4, 0.5) is 5.82 Å². The molecule has 128 valence electrons. The molecule has 6 nitrogen and oxygen atoms in total. The van der Waals surface area contributed by atoms with Gasteiger partial charge in [0.05, 0.1) is 11.5 Å². The summed E-state index contributed by atoms with van der Waals surface area (Å²) in [5, 5.41) is 4.89. The van der Waals surface area contributed by atoms with Gasteiger partial charge < -0.3 is 10.1 Å². The van der Waals surface area contributed by atoms with E-state index in [1.807, 2.05) is 0 Å². The number of hydrogen-bond donors (Lipinski definition) is 3. The van der Waals surface area contributed by atoms with Gasteiger partial charge in [-0.25, -0.2) is 9.97 Å². The molecular formula is C16H21N5OS2. The number of aromatic nitrogens is 2. The highest BCUT2D eigenvalue weighted by Gasteiger charge is 2.20. The van der Waals surface area contributed by atoms with Gasteiger partial charge in [-0.3, -0.25) is 10.9 Å². The molecule has 1 fully saturated rings. The fourth-order valence-corrected chi connectivity index (χ4v) is 4.72. The maximum atomic E-state index is 5.59. The average molecular weight is 364 g/mol. The van der Waals surface area contributed by atoms with Crippen molar-refractivity contribution in [3.05, 3.63) is 16.8 Å². The number of thiocarbonyl (C=S) groups is 1. The van der Waals surface area contributed by atoms with E-state index in [0.29, 0.717) is 5.11 Å². The van der Waals surface area contributed by atoms with Crippen LogP contribution in [0.3, 0.4) is 0 Å². The molecule has 0 saturated carbocycles. The Kier molecular flexibility index (Phi) is 4.77. The molecule has 3 heterocycles. The summed E-state index contributed by atoms with van der Waals surface area (Å²) >= 11 is 7.12. The molecule has 24 heavy (non-hydrogen) atoms. The third-order valence-corrected chi connectivity index (χ3v) is 6.01. The Balaban J connectivity index is 1.42. The summed E-state index contributed by atoms with van der Waals surface area (Å²) in [4.78, 5) is 11.4. The zero-order valence-electron chi connectivity index (χ0n) is 13.4. The smallest absolute Gasteiger partial charge is 0.185 e. The number of aryl methyl sites for hydroxylation is 2. The van der Waals surface area contributed by atoms with Crippen molar-refractivity contribution >= 4 is 44.7 Å². The number of thiophene rings is 1. The van der Waals surface area contributed by atoms with Gasteiger partial charge in [-0.1, -0.05) is 0 Å². The number of nitrogens with one attached hydrogen (secondary N) is 3. The molecule has 1 aliphatic carbocycles. The van der Waals surface area contributed by atoms with Gasteiger partial charge in [0.2, 0.25) is 0 Å². The lowest BCUT2D eigenvalue weighted by Crippen LogP contribution is -2.42. The number of nitrogens with zero attached hydrogens (tertiary/aromatic N) is 2. The molecule has 2 aromatic heterocycles. The van der Waals surface area contributed by atoms with E-state index in [2.05, 4.69) is 26.1 Å². The molecule has 3 N–H and O–H groups in total. The molecule has 0 amide bonds. The lowest BCUT2D eigenvalue weighted by Gasteiger charge is -2.16. The molecule has 1 aliphatic heterocycles. The van der Waals surface area contributed by atoms with Gasteiger partial charge in [0.15, 0.2) is 10.9 Å². The second-order valence-electron chi connectivity index (χ2n) is 6.21. The summed E-state index contributed by atoms with van der Waals surface area (Å²) in [6.07, 6.45) is 8.87. The number of hydrogen-bond acceptors (Lipinski definition) is 6. The van der Waals surface area contributed by atoms with Crippen LogP contribution in [0, 0.1) is 0 Å². The summed E-state index contributed by atoms with van der Waals surface area (Å²) < 4.78 is 5.59. The topological polar surface area (TPSA) is 71.1 Å². The highest BCUT2D eigenvalue weighted by Crippen LogP contribution is 2.37. The maximum absolute atomic E-state index is 5.59. The third-order valence-electron chi connectivity index (χ3n) is 4.56. The molecule has 1 atom stereocenters. The second kappa shape index (κ2) is 7.16. The Morgan fingerprint density at radius 2 is 2.21 bits per heavy atom. The summed E-state index contributed by atoms with van der Waals surface area (Å²) in [6.45, 7) is 1.59. The summed E-state index contributed by atoms with van der Waals surface area (Å²) in [5.41, 5.74) is 7.61. The molecule has 0 bridgehead atoms.